The minimum atomic E-state index is -3.48. The van der Waals surface area contributed by atoms with Crippen molar-refractivity contribution in [3.05, 3.63) is 29.3 Å². The lowest BCUT2D eigenvalue weighted by atomic mass is 10.4. The third-order valence-electron chi connectivity index (χ3n) is 3.56. The summed E-state index contributed by atoms with van der Waals surface area (Å²) in [5.74, 6) is 0. The zero-order chi connectivity index (χ0) is 16.9. The van der Waals surface area contributed by atoms with E-state index in [1.54, 1.807) is 19.2 Å². The highest BCUT2D eigenvalue weighted by atomic mass is 35.5. The summed E-state index contributed by atoms with van der Waals surface area (Å²) in [6.07, 6.45) is 0. The molecule has 128 valence electrons. The van der Waals surface area contributed by atoms with Crippen LogP contribution in [0.15, 0.2) is 29.2 Å². The maximum Gasteiger partial charge on any atom is 0.243 e. The molecule has 0 bridgehead atoms. The molecule has 1 saturated heterocycles. The van der Waals surface area contributed by atoms with E-state index in [0.717, 1.165) is 0 Å². The highest BCUT2D eigenvalue weighted by Gasteiger charge is 2.29. The number of sulfonamides is 1. The third-order valence-corrected chi connectivity index (χ3v) is 6.13. The molecule has 1 aromatic rings. The molecular formula is C14H20ClN3O3S2. The van der Waals surface area contributed by atoms with Crippen molar-refractivity contribution in [2.45, 2.75) is 4.90 Å². The second-order valence-electron chi connectivity index (χ2n) is 5.07. The first kappa shape index (κ1) is 18.4. The molecule has 1 aliphatic rings. The fourth-order valence-electron chi connectivity index (χ4n) is 2.26. The summed E-state index contributed by atoms with van der Waals surface area (Å²) in [6.45, 7) is 3.13. The lowest BCUT2D eigenvalue weighted by Crippen LogP contribution is -2.53. The quantitative estimate of drug-likeness (QED) is 0.614. The van der Waals surface area contributed by atoms with Crippen LogP contribution in [0.25, 0.3) is 0 Å². The summed E-state index contributed by atoms with van der Waals surface area (Å²) >= 11 is 11.1. The van der Waals surface area contributed by atoms with Crippen molar-refractivity contribution >= 4 is 39.0 Å². The molecule has 0 unspecified atom stereocenters. The van der Waals surface area contributed by atoms with Crippen molar-refractivity contribution < 1.29 is 13.2 Å². The molecule has 1 fully saturated rings. The van der Waals surface area contributed by atoms with E-state index in [9.17, 15) is 8.42 Å². The summed E-state index contributed by atoms with van der Waals surface area (Å²) in [4.78, 5) is 2.23. The number of nitrogens with one attached hydrogen (secondary N) is 1. The maximum absolute atomic E-state index is 12.6. The van der Waals surface area contributed by atoms with Gasteiger partial charge in [0.1, 0.15) is 0 Å². The topological polar surface area (TPSA) is 61.9 Å². The zero-order valence-corrected chi connectivity index (χ0v) is 15.3. The molecule has 6 nitrogen and oxygen atoms in total. The fourth-order valence-corrected chi connectivity index (χ4v) is 4.09. The average Bonchev–Trinajstić information content (AvgIpc) is 2.55. The van der Waals surface area contributed by atoms with Crippen LogP contribution in [-0.2, 0) is 14.8 Å². The monoisotopic (exact) mass is 377 g/mol. The molecule has 1 heterocycles. The maximum atomic E-state index is 12.6. The van der Waals surface area contributed by atoms with Crippen LogP contribution in [0, 0.1) is 0 Å². The van der Waals surface area contributed by atoms with Gasteiger partial charge in [-0.15, -0.1) is 0 Å². The van der Waals surface area contributed by atoms with Crippen molar-refractivity contribution in [3.63, 3.8) is 0 Å². The smallest absolute Gasteiger partial charge is 0.243 e. The second-order valence-corrected chi connectivity index (χ2v) is 7.83. The number of rotatable bonds is 5. The van der Waals surface area contributed by atoms with Gasteiger partial charge in [-0.05, 0) is 36.5 Å². The molecule has 0 aliphatic carbocycles. The van der Waals surface area contributed by atoms with Gasteiger partial charge in [-0.2, -0.15) is 4.31 Å². The molecule has 1 N–H and O–H groups in total. The Kier molecular flexibility index (Phi) is 6.60. The Hall–Kier alpha value is -0.930. The number of halogens is 1. The van der Waals surface area contributed by atoms with Crippen LogP contribution < -0.4 is 5.32 Å². The van der Waals surface area contributed by atoms with Gasteiger partial charge in [-0.3, -0.25) is 0 Å². The summed E-state index contributed by atoms with van der Waals surface area (Å²) in [5.41, 5.74) is 0. The number of hydrogen-bond donors (Lipinski definition) is 1. The predicted molar refractivity (Wildman–Crippen MR) is 94.3 cm³/mol. The van der Waals surface area contributed by atoms with Crippen LogP contribution in [0.1, 0.15) is 0 Å². The fraction of sp³-hybridized carbons (Fsp3) is 0.500. The van der Waals surface area contributed by atoms with E-state index in [-0.39, 0.29) is 4.90 Å². The van der Waals surface area contributed by atoms with Gasteiger partial charge in [0, 0.05) is 44.9 Å². The first-order valence-corrected chi connectivity index (χ1v) is 9.45. The molecular weight excluding hydrogens is 358 g/mol. The number of nitrogens with zero attached hydrogens (tertiary/aromatic N) is 2. The Balaban J connectivity index is 1.93. The molecule has 1 aliphatic heterocycles. The molecule has 0 amide bonds. The van der Waals surface area contributed by atoms with Crippen LogP contribution in [0.4, 0.5) is 0 Å². The first-order valence-electron chi connectivity index (χ1n) is 7.22. The minimum absolute atomic E-state index is 0.260. The van der Waals surface area contributed by atoms with E-state index in [0.29, 0.717) is 49.5 Å². The van der Waals surface area contributed by atoms with Gasteiger partial charge in [0.25, 0.3) is 0 Å². The molecule has 1 aromatic carbocycles. The van der Waals surface area contributed by atoms with E-state index >= 15 is 0 Å². The molecule has 0 aromatic heterocycles. The number of piperazine rings is 1. The SMILES string of the molecule is COCCNC(=S)N1CCN(S(=O)(=O)c2ccc(Cl)cc2)CC1. The van der Waals surface area contributed by atoms with Gasteiger partial charge in [-0.25, -0.2) is 8.42 Å². The number of methoxy groups -OCH3 is 1. The highest BCUT2D eigenvalue weighted by molar-refractivity contribution is 7.89. The van der Waals surface area contributed by atoms with Gasteiger partial charge in [0.05, 0.1) is 11.5 Å². The van der Waals surface area contributed by atoms with E-state index in [1.807, 2.05) is 4.90 Å². The van der Waals surface area contributed by atoms with Crippen molar-refractivity contribution in [2.24, 2.45) is 0 Å². The molecule has 0 spiro atoms. The largest absolute Gasteiger partial charge is 0.383 e. The summed E-state index contributed by atoms with van der Waals surface area (Å²) in [6, 6.07) is 6.22. The van der Waals surface area contributed by atoms with Crippen molar-refractivity contribution in [1.29, 1.82) is 0 Å². The van der Waals surface area contributed by atoms with Crippen LogP contribution in [0.5, 0.6) is 0 Å². The van der Waals surface area contributed by atoms with Crippen LogP contribution in [0.3, 0.4) is 0 Å². The molecule has 0 atom stereocenters. The minimum Gasteiger partial charge on any atom is -0.383 e. The van der Waals surface area contributed by atoms with Gasteiger partial charge >= 0.3 is 0 Å². The standard InChI is InChI=1S/C14H20ClN3O3S2/c1-21-11-6-16-14(22)17-7-9-18(10-8-17)23(19,20)13-4-2-12(15)3-5-13/h2-5H,6-11H2,1H3,(H,16,22). The normalized spacial score (nSPS) is 16.3. The molecule has 9 heteroatoms. The van der Waals surface area contributed by atoms with E-state index < -0.39 is 10.0 Å². The first-order chi connectivity index (χ1) is 10.9. The van der Waals surface area contributed by atoms with Crippen molar-refractivity contribution in [2.75, 3.05) is 46.4 Å². The third kappa shape index (κ3) is 4.77. The Bertz CT molecular complexity index is 629. The zero-order valence-electron chi connectivity index (χ0n) is 12.9. The van der Waals surface area contributed by atoms with Gasteiger partial charge < -0.3 is 15.0 Å². The summed E-state index contributed by atoms with van der Waals surface area (Å²) in [5, 5.41) is 4.24. The van der Waals surface area contributed by atoms with E-state index in [1.165, 1.54) is 16.4 Å². The van der Waals surface area contributed by atoms with Crippen LogP contribution in [0.2, 0.25) is 5.02 Å². The molecule has 2 rings (SSSR count). The predicted octanol–water partition coefficient (Wildman–Crippen LogP) is 1.17. The van der Waals surface area contributed by atoms with Crippen molar-refractivity contribution in [3.8, 4) is 0 Å². The van der Waals surface area contributed by atoms with Gasteiger partial charge in [0.2, 0.25) is 10.0 Å². The number of hydrogen-bond acceptors (Lipinski definition) is 4. The summed E-state index contributed by atoms with van der Waals surface area (Å²) < 4.78 is 31.6. The second kappa shape index (κ2) is 8.25. The van der Waals surface area contributed by atoms with Crippen LogP contribution in [-0.4, -0.2) is 69.2 Å². The van der Waals surface area contributed by atoms with Crippen molar-refractivity contribution in [1.82, 2.24) is 14.5 Å². The lowest BCUT2D eigenvalue weighted by molar-refractivity contribution is 0.201. The van der Waals surface area contributed by atoms with Gasteiger partial charge in [-0.1, -0.05) is 11.6 Å². The lowest BCUT2D eigenvalue weighted by Gasteiger charge is -2.35. The number of ether oxygens (including phenoxy) is 1. The van der Waals surface area contributed by atoms with Gasteiger partial charge in [0.15, 0.2) is 5.11 Å². The van der Waals surface area contributed by atoms with E-state index in [2.05, 4.69) is 5.32 Å². The number of benzene rings is 1. The number of thiocarbonyl (C=S) groups is 1. The Morgan fingerprint density at radius 3 is 2.43 bits per heavy atom. The molecule has 23 heavy (non-hydrogen) atoms. The molecule has 0 saturated carbocycles. The van der Waals surface area contributed by atoms with E-state index in [4.69, 9.17) is 28.6 Å². The highest BCUT2D eigenvalue weighted by Crippen LogP contribution is 2.19. The summed E-state index contributed by atoms with van der Waals surface area (Å²) in [7, 11) is -1.85. The van der Waals surface area contributed by atoms with Crippen LogP contribution >= 0.6 is 23.8 Å². The Morgan fingerprint density at radius 2 is 1.87 bits per heavy atom. The average molecular weight is 378 g/mol. The Morgan fingerprint density at radius 1 is 1.26 bits per heavy atom. The Labute approximate surface area is 147 Å². The molecule has 0 radical (unpaired) electrons.